The standard InChI is InChI=1S/C11H11ClN2O2/c1-7(2)16-11(15)8-3-4-14-6-13-10(12)9(14)5-8/h3-7H,1-2H3. The fraction of sp³-hybridized carbons (Fsp3) is 0.273. The van der Waals surface area contributed by atoms with Crippen LogP contribution in [0, 0.1) is 0 Å². The second-order valence-electron chi connectivity index (χ2n) is 3.70. The van der Waals surface area contributed by atoms with Crippen molar-refractivity contribution in [2.45, 2.75) is 20.0 Å². The molecule has 0 aliphatic rings. The van der Waals surface area contributed by atoms with Gasteiger partial charge in [-0.3, -0.25) is 0 Å². The Labute approximate surface area is 97.8 Å². The molecule has 0 spiro atoms. The Kier molecular flexibility index (Phi) is 2.83. The van der Waals surface area contributed by atoms with Gasteiger partial charge >= 0.3 is 5.97 Å². The van der Waals surface area contributed by atoms with E-state index in [4.69, 9.17) is 16.3 Å². The SMILES string of the molecule is CC(C)OC(=O)c1ccn2cnc(Cl)c2c1. The molecule has 0 radical (unpaired) electrons. The lowest BCUT2D eigenvalue weighted by Crippen LogP contribution is -2.11. The van der Waals surface area contributed by atoms with Gasteiger partial charge in [0.2, 0.25) is 0 Å². The number of carbonyl (C=O) groups is 1. The number of fused-ring (bicyclic) bond motifs is 1. The third kappa shape index (κ3) is 2.02. The molecule has 0 atom stereocenters. The lowest BCUT2D eigenvalue weighted by atomic mass is 10.2. The van der Waals surface area contributed by atoms with Gasteiger partial charge in [-0.15, -0.1) is 0 Å². The first kappa shape index (κ1) is 11.0. The molecular formula is C11H11ClN2O2. The Bertz CT molecular complexity index is 534. The smallest absolute Gasteiger partial charge is 0.338 e. The summed E-state index contributed by atoms with van der Waals surface area (Å²) < 4.78 is 6.83. The highest BCUT2D eigenvalue weighted by Crippen LogP contribution is 2.17. The van der Waals surface area contributed by atoms with Gasteiger partial charge in [-0.25, -0.2) is 9.78 Å². The number of hydrogen-bond acceptors (Lipinski definition) is 3. The Hall–Kier alpha value is -1.55. The van der Waals surface area contributed by atoms with Gasteiger partial charge in [0.15, 0.2) is 5.15 Å². The van der Waals surface area contributed by atoms with E-state index in [1.807, 2.05) is 13.8 Å². The molecule has 84 valence electrons. The summed E-state index contributed by atoms with van der Waals surface area (Å²) in [6.45, 7) is 3.62. The molecule has 16 heavy (non-hydrogen) atoms. The van der Waals surface area contributed by atoms with Crippen molar-refractivity contribution in [1.82, 2.24) is 9.38 Å². The summed E-state index contributed by atoms with van der Waals surface area (Å²) in [5.74, 6) is -0.352. The van der Waals surface area contributed by atoms with E-state index < -0.39 is 0 Å². The van der Waals surface area contributed by atoms with Gasteiger partial charge in [0.1, 0.15) is 6.33 Å². The fourth-order valence-corrected chi connectivity index (χ4v) is 1.56. The van der Waals surface area contributed by atoms with E-state index in [-0.39, 0.29) is 12.1 Å². The van der Waals surface area contributed by atoms with Crippen molar-refractivity contribution in [2.24, 2.45) is 0 Å². The summed E-state index contributed by atoms with van der Waals surface area (Å²) in [6.07, 6.45) is 3.18. The molecule has 0 unspecified atom stereocenters. The maximum atomic E-state index is 11.6. The highest BCUT2D eigenvalue weighted by molar-refractivity contribution is 6.32. The molecule has 0 bridgehead atoms. The summed E-state index contributed by atoms with van der Waals surface area (Å²) in [4.78, 5) is 15.6. The quantitative estimate of drug-likeness (QED) is 0.756. The minimum absolute atomic E-state index is 0.135. The van der Waals surface area contributed by atoms with E-state index in [0.29, 0.717) is 16.2 Å². The molecule has 0 aliphatic heterocycles. The van der Waals surface area contributed by atoms with Gasteiger partial charge in [0.05, 0.1) is 17.2 Å². The van der Waals surface area contributed by atoms with Crippen LogP contribution in [0.4, 0.5) is 0 Å². The van der Waals surface area contributed by atoms with Crippen LogP contribution in [-0.4, -0.2) is 21.5 Å². The van der Waals surface area contributed by atoms with Gasteiger partial charge in [0.25, 0.3) is 0 Å². The molecule has 0 N–H and O–H groups in total. The van der Waals surface area contributed by atoms with E-state index >= 15 is 0 Å². The van der Waals surface area contributed by atoms with E-state index in [2.05, 4.69) is 4.98 Å². The van der Waals surface area contributed by atoms with Crippen LogP contribution in [0.2, 0.25) is 5.15 Å². The molecule has 0 aromatic carbocycles. The van der Waals surface area contributed by atoms with E-state index in [1.54, 1.807) is 29.1 Å². The highest BCUT2D eigenvalue weighted by Gasteiger charge is 2.11. The molecular weight excluding hydrogens is 228 g/mol. The van der Waals surface area contributed by atoms with Crippen molar-refractivity contribution in [2.75, 3.05) is 0 Å². The molecule has 2 heterocycles. The highest BCUT2D eigenvalue weighted by atomic mass is 35.5. The van der Waals surface area contributed by atoms with Crippen molar-refractivity contribution >= 4 is 23.1 Å². The van der Waals surface area contributed by atoms with Gasteiger partial charge < -0.3 is 9.14 Å². The topological polar surface area (TPSA) is 43.6 Å². The first-order valence-corrected chi connectivity index (χ1v) is 5.29. The Morgan fingerprint density at radius 1 is 1.56 bits per heavy atom. The third-order valence-corrected chi connectivity index (χ3v) is 2.36. The molecule has 2 aromatic rings. The number of rotatable bonds is 2. The number of nitrogens with zero attached hydrogens (tertiary/aromatic N) is 2. The predicted molar refractivity (Wildman–Crippen MR) is 60.8 cm³/mol. The molecule has 2 rings (SSSR count). The molecule has 0 saturated carbocycles. The summed E-state index contributed by atoms with van der Waals surface area (Å²) in [5.41, 5.74) is 1.17. The molecule has 5 heteroatoms. The molecule has 0 aliphatic carbocycles. The second kappa shape index (κ2) is 4.14. The first-order chi connectivity index (χ1) is 7.58. The number of imidazole rings is 1. The van der Waals surface area contributed by atoms with Crippen molar-refractivity contribution in [3.63, 3.8) is 0 Å². The summed E-state index contributed by atoms with van der Waals surface area (Å²) in [5, 5.41) is 0.374. The molecule has 0 saturated heterocycles. The lowest BCUT2D eigenvalue weighted by molar-refractivity contribution is 0.0378. The normalized spacial score (nSPS) is 11.0. The zero-order chi connectivity index (χ0) is 11.7. The molecule has 2 aromatic heterocycles. The maximum Gasteiger partial charge on any atom is 0.338 e. The summed E-state index contributed by atoms with van der Waals surface area (Å²) in [6, 6.07) is 3.34. The number of pyridine rings is 1. The van der Waals surface area contributed by atoms with E-state index in [1.165, 1.54) is 0 Å². The van der Waals surface area contributed by atoms with Crippen molar-refractivity contribution < 1.29 is 9.53 Å². The largest absolute Gasteiger partial charge is 0.459 e. The van der Waals surface area contributed by atoms with Crippen molar-refractivity contribution in [3.8, 4) is 0 Å². The van der Waals surface area contributed by atoms with E-state index in [0.717, 1.165) is 0 Å². The number of hydrogen-bond donors (Lipinski definition) is 0. The second-order valence-corrected chi connectivity index (χ2v) is 4.06. The van der Waals surface area contributed by atoms with Crippen LogP contribution >= 0.6 is 11.6 Å². The summed E-state index contributed by atoms with van der Waals surface area (Å²) >= 11 is 5.87. The number of halogens is 1. The monoisotopic (exact) mass is 238 g/mol. The van der Waals surface area contributed by atoms with Gasteiger partial charge in [-0.1, -0.05) is 11.6 Å². The lowest BCUT2D eigenvalue weighted by Gasteiger charge is -2.07. The van der Waals surface area contributed by atoms with Crippen molar-refractivity contribution in [1.29, 1.82) is 0 Å². The number of ether oxygens (including phenoxy) is 1. The third-order valence-electron chi connectivity index (χ3n) is 2.07. The zero-order valence-electron chi connectivity index (χ0n) is 8.98. The average Bonchev–Trinajstić information content (AvgIpc) is 2.59. The predicted octanol–water partition coefficient (Wildman–Crippen LogP) is 2.55. The van der Waals surface area contributed by atoms with E-state index in [9.17, 15) is 4.79 Å². The fourth-order valence-electron chi connectivity index (χ4n) is 1.37. The van der Waals surface area contributed by atoms with Gasteiger partial charge in [-0.2, -0.15) is 0 Å². The Balaban J connectivity index is 2.38. The number of aromatic nitrogens is 2. The van der Waals surface area contributed by atoms with Crippen LogP contribution in [0.1, 0.15) is 24.2 Å². The number of esters is 1. The van der Waals surface area contributed by atoms with Crippen LogP contribution in [0.3, 0.4) is 0 Å². The molecule has 4 nitrogen and oxygen atoms in total. The minimum Gasteiger partial charge on any atom is -0.459 e. The Morgan fingerprint density at radius 3 is 3.00 bits per heavy atom. The number of carbonyl (C=O) groups excluding carboxylic acids is 1. The van der Waals surface area contributed by atoms with Gasteiger partial charge in [-0.05, 0) is 26.0 Å². The zero-order valence-corrected chi connectivity index (χ0v) is 9.73. The van der Waals surface area contributed by atoms with Crippen LogP contribution in [0.15, 0.2) is 24.7 Å². The molecule has 0 fully saturated rings. The van der Waals surface area contributed by atoms with Crippen molar-refractivity contribution in [3.05, 3.63) is 35.4 Å². The minimum atomic E-state index is -0.352. The molecule has 0 amide bonds. The average molecular weight is 239 g/mol. The van der Waals surface area contributed by atoms with Crippen LogP contribution < -0.4 is 0 Å². The van der Waals surface area contributed by atoms with Crippen LogP contribution in [0.25, 0.3) is 5.52 Å². The first-order valence-electron chi connectivity index (χ1n) is 4.91. The maximum absolute atomic E-state index is 11.6. The summed E-state index contributed by atoms with van der Waals surface area (Å²) in [7, 11) is 0. The van der Waals surface area contributed by atoms with Gasteiger partial charge in [0, 0.05) is 6.20 Å². The van der Waals surface area contributed by atoms with Crippen LogP contribution in [-0.2, 0) is 4.74 Å². The Morgan fingerprint density at radius 2 is 2.31 bits per heavy atom. The van der Waals surface area contributed by atoms with Crippen LogP contribution in [0.5, 0.6) is 0 Å².